The fourth-order valence-corrected chi connectivity index (χ4v) is 6.02. The molecule has 2 heterocycles. The normalized spacial score (nSPS) is 15.2. The minimum atomic E-state index is -1.10. The first-order valence-corrected chi connectivity index (χ1v) is 15.2. The molecule has 0 unspecified atom stereocenters. The highest BCUT2D eigenvalue weighted by molar-refractivity contribution is 5.83. The molecule has 2 atom stereocenters. The number of halogens is 3. The molecule has 1 aliphatic heterocycles. The molecule has 44 heavy (non-hydrogen) atoms. The van der Waals surface area contributed by atoms with Gasteiger partial charge < -0.3 is 9.88 Å². The molecule has 6 nitrogen and oxygen atoms in total. The van der Waals surface area contributed by atoms with Gasteiger partial charge in [0, 0.05) is 37.8 Å². The third-order valence-electron chi connectivity index (χ3n) is 8.25. The molecule has 1 aromatic heterocycles. The number of aromatic nitrogens is 1. The van der Waals surface area contributed by atoms with Crippen molar-refractivity contribution in [2.45, 2.75) is 79.1 Å². The molecule has 9 heteroatoms. The van der Waals surface area contributed by atoms with Crippen LogP contribution >= 0.6 is 0 Å². The van der Waals surface area contributed by atoms with Crippen molar-refractivity contribution in [2.75, 3.05) is 19.6 Å². The Bertz CT molecular complexity index is 1570. The van der Waals surface area contributed by atoms with Crippen LogP contribution in [0.15, 0.2) is 47.4 Å². The van der Waals surface area contributed by atoms with Crippen LogP contribution in [0.5, 0.6) is 0 Å². The summed E-state index contributed by atoms with van der Waals surface area (Å²) in [5, 5.41) is 2.85. The quantitative estimate of drug-likeness (QED) is 0.260. The molecule has 236 valence electrons. The molecule has 1 aliphatic rings. The summed E-state index contributed by atoms with van der Waals surface area (Å²) in [6.45, 7) is 11.9. The second-order valence-corrected chi connectivity index (χ2v) is 12.6. The lowest BCUT2D eigenvalue weighted by molar-refractivity contribution is -0.126. The molecule has 0 aliphatic carbocycles. The van der Waals surface area contributed by atoms with Gasteiger partial charge in [0.1, 0.15) is 23.8 Å². The molecular weight excluding hydrogens is 567 g/mol. The lowest BCUT2D eigenvalue weighted by Crippen LogP contribution is -2.49. The number of likely N-dealkylation sites (tertiary alicyclic amines) is 1. The van der Waals surface area contributed by atoms with Gasteiger partial charge >= 0.3 is 0 Å². The molecule has 3 aromatic rings. The summed E-state index contributed by atoms with van der Waals surface area (Å²) < 4.78 is 45.0. The van der Waals surface area contributed by atoms with E-state index < -0.39 is 41.4 Å². The van der Waals surface area contributed by atoms with Gasteiger partial charge in [-0.2, -0.15) is 0 Å². The highest BCUT2D eigenvalue weighted by Gasteiger charge is 2.30. The highest BCUT2D eigenvalue weighted by atomic mass is 19.1. The largest absolute Gasteiger partial charge is 0.347 e. The van der Waals surface area contributed by atoms with Gasteiger partial charge in [-0.3, -0.25) is 19.3 Å². The van der Waals surface area contributed by atoms with Gasteiger partial charge in [0.2, 0.25) is 5.91 Å². The van der Waals surface area contributed by atoms with E-state index in [1.54, 1.807) is 19.1 Å². The maximum Gasteiger partial charge on any atom is 0.287 e. The van der Waals surface area contributed by atoms with Crippen LogP contribution in [0.25, 0.3) is 11.1 Å². The topological polar surface area (TPSA) is 71.4 Å². The van der Waals surface area contributed by atoms with E-state index in [4.69, 9.17) is 0 Å². The number of pyridine rings is 1. The Balaban J connectivity index is 1.71. The average molecular weight is 610 g/mol. The van der Waals surface area contributed by atoms with Crippen LogP contribution < -0.4 is 10.9 Å². The van der Waals surface area contributed by atoms with Gasteiger partial charge in [0.15, 0.2) is 5.82 Å². The van der Waals surface area contributed by atoms with Crippen LogP contribution in [0.1, 0.15) is 73.5 Å². The Morgan fingerprint density at radius 3 is 2.27 bits per heavy atom. The molecule has 0 bridgehead atoms. The zero-order valence-electron chi connectivity index (χ0n) is 26.3. The van der Waals surface area contributed by atoms with Crippen LogP contribution in [-0.4, -0.2) is 47.0 Å². The smallest absolute Gasteiger partial charge is 0.287 e. The van der Waals surface area contributed by atoms with E-state index in [-0.39, 0.29) is 30.1 Å². The predicted octanol–water partition coefficient (Wildman–Crippen LogP) is 6.34. The number of nitrogens with one attached hydrogen (secondary N) is 1. The van der Waals surface area contributed by atoms with Gasteiger partial charge in [0.25, 0.3) is 5.56 Å². The third kappa shape index (κ3) is 7.67. The summed E-state index contributed by atoms with van der Waals surface area (Å²) in [4.78, 5) is 41.3. The summed E-state index contributed by atoms with van der Waals surface area (Å²) in [6, 6.07) is 8.36. The van der Waals surface area contributed by atoms with Crippen LogP contribution in [0.2, 0.25) is 0 Å². The monoisotopic (exact) mass is 609 g/mol. The lowest BCUT2D eigenvalue weighted by Gasteiger charge is -2.34. The fourth-order valence-electron chi connectivity index (χ4n) is 6.02. The molecule has 1 saturated heterocycles. The first-order chi connectivity index (χ1) is 20.7. The van der Waals surface area contributed by atoms with Crippen LogP contribution in [-0.2, 0) is 16.0 Å². The van der Waals surface area contributed by atoms with Crippen molar-refractivity contribution in [3.8, 4) is 11.1 Å². The minimum absolute atomic E-state index is 0.0514. The second-order valence-electron chi connectivity index (χ2n) is 12.6. The molecule has 1 amide bonds. The number of rotatable bonds is 12. The number of benzene rings is 2. The zero-order chi connectivity index (χ0) is 32.3. The number of amides is 1. The Labute approximate surface area is 257 Å². The average Bonchev–Trinajstić information content (AvgIpc) is 2.92. The van der Waals surface area contributed by atoms with Crippen LogP contribution in [0.3, 0.4) is 0 Å². The van der Waals surface area contributed by atoms with Crippen LogP contribution in [0, 0.1) is 38.3 Å². The summed E-state index contributed by atoms with van der Waals surface area (Å²) in [5.74, 6) is -2.43. The Kier molecular flexibility index (Phi) is 10.5. The Hall–Kier alpha value is -3.72. The van der Waals surface area contributed by atoms with Crippen molar-refractivity contribution in [2.24, 2.45) is 5.92 Å². The molecule has 1 N–H and O–H groups in total. The third-order valence-corrected chi connectivity index (χ3v) is 8.25. The van der Waals surface area contributed by atoms with E-state index in [1.807, 2.05) is 50.8 Å². The van der Waals surface area contributed by atoms with Crippen molar-refractivity contribution in [1.82, 2.24) is 14.8 Å². The van der Waals surface area contributed by atoms with Crippen molar-refractivity contribution in [1.29, 1.82) is 0 Å². The minimum Gasteiger partial charge on any atom is -0.347 e. The summed E-state index contributed by atoms with van der Waals surface area (Å²) in [5.41, 5.74) is 3.83. The molecule has 1 fully saturated rings. The molecule has 0 saturated carbocycles. The zero-order valence-corrected chi connectivity index (χ0v) is 26.3. The number of alkyl halides is 1. The summed E-state index contributed by atoms with van der Waals surface area (Å²) in [6.07, 6.45) is 1.04. The number of carbonyl (C=O) groups excluding carboxylic acids is 2. The van der Waals surface area contributed by atoms with E-state index in [2.05, 4.69) is 5.32 Å². The molecule has 0 spiro atoms. The fraction of sp³-hybridized carbons (Fsp3) is 0.457. The van der Waals surface area contributed by atoms with Crippen molar-refractivity contribution in [3.63, 3.8) is 0 Å². The maximum atomic E-state index is 15.8. The standard InChI is InChI=1S/C35H42F3N3O3/c1-20(2)12-31(41-17-25(15-29(37)35(41)44)10-11-40-18-27(36)19-40)34(43)39-30(14-24(6)42)28-16-26(13-23(5)33(28)38)32-21(3)8-7-9-22(32)4/h7-9,13,15-17,20,27,30-31H,10-12,14,18-19H2,1-6H3,(H,39,43)/t30-,31-/m0/s1. The van der Waals surface area contributed by atoms with E-state index in [1.165, 1.54) is 13.1 Å². The first-order valence-electron chi connectivity index (χ1n) is 15.2. The molecular formula is C35H42F3N3O3. The van der Waals surface area contributed by atoms with Crippen molar-refractivity contribution >= 4 is 11.7 Å². The maximum absolute atomic E-state index is 15.8. The van der Waals surface area contributed by atoms with E-state index in [9.17, 15) is 23.2 Å². The second kappa shape index (κ2) is 13.9. The number of hydrogen-bond acceptors (Lipinski definition) is 4. The van der Waals surface area contributed by atoms with Gasteiger partial charge in [-0.25, -0.2) is 13.2 Å². The van der Waals surface area contributed by atoms with Crippen molar-refractivity contribution < 1.29 is 22.8 Å². The SMILES string of the molecule is CC(=O)C[C@H](NC(=O)[C@H](CC(C)C)n1cc(CCN2CC(F)C2)cc(F)c1=O)c1cc(-c2c(C)cccc2C)cc(C)c1F. The Morgan fingerprint density at radius 1 is 1.02 bits per heavy atom. The Morgan fingerprint density at radius 2 is 1.68 bits per heavy atom. The number of Topliss-reactive ketones (excluding diaryl/α,β-unsaturated/α-hetero) is 1. The number of aryl methyl sites for hydroxylation is 3. The van der Waals surface area contributed by atoms with E-state index in [0.29, 0.717) is 37.2 Å². The van der Waals surface area contributed by atoms with E-state index >= 15 is 4.39 Å². The molecule has 0 radical (unpaired) electrons. The predicted molar refractivity (Wildman–Crippen MR) is 166 cm³/mol. The van der Waals surface area contributed by atoms with Gasteiger partial charge in [-0.15, -0.1) is 0 Å². The lowest BCUT2D eigenvalue weighted by atomic mass is 9.90. The number of nitrogens with zero attached hydrogens (tertiary/aromatic N) is 2. The highest BCUT2D eigenvalue weighted by Crippen LogP contribution is 2.33. The number of ketones is 1. The first kappa shape index (κ1) is 33.2. The van der Waals surface area contributed by atoms with Crippen LogP contribution in [0.4, 0.5) is 13.2 Å². The molecule has 2 aromatic carbocycles. The number of carbonyl (C=O) groups is 2. The van der Waals surface area contributed by atoms with Gasteiger partial charge in [-0.05, 0) is 98.0 Å². The van der Waals surface area contributed by atoms with E-state index in [0.717, 1.165) is 32.9 Å². The summed E-state index contributed by atoms with van der Waals surface area (Å²) >= 11 is 0. The van der Waals surface area contributed by atoms with Gasteiger partial charge in [-0.1, -0.05) is 32.0 Å². The summed E-state index contributed by atoms with van der Waals surface area (Å²) in [7, 11) is 0. The number of hydrogen-bond donors (Lipinski definition) is 1. The van der Waals surface area contributed by atoms with Crippen molar-refractivity contribution in [3.05, 3.63) is 92.4 Å². The van der Waals surface area contributed by atoms with Gasteiger partial charge in [0.05, 0.1) is 6.04 Å². The molecule has 4 rings (SSSR count).